The van der Waals surface area contributed by atoms with Gasteiger partial charge in [0, 0.05) is 5.56 Å². The molecule has 0 saturated carbocycles. The molecule has 0 fully saturated rings. The molecule has 0 amide bonds. The van der Waals surface area contributed by atoms with Gasteiger partial charge in [0.15, 0.2) is 4.64 Å². The largest absolute Gasteiger partial charge is 0.496 e. The summed E-state index contributed by atoms with van der Waals surface area (Å²) in [6.07, 6.45) is 1.62. The Labute approximate surface area is 115 Å². The first-order valence-electron chi connectivity index (χ1n) is 5.91. The number of ether oxygens (including phenoxy) is 1. The maximum atomic E-state index is 5.41. The van der Waals surface area contributed by atoms with Crippen molar-refractivity contribution < 1.29 is 4.74 Å². The van der Waals surface area contributed by atoms with Gasteiger partial charge in [-0.25, -0.2) is 4.98 Å². The van der Waals surface area contributed by atoms with E-state index in [1.165, 1.54) is 0 Å². The zero-order valence-electron chi connectivity index (χ0n) is 10.7. The molecule has 0 spiro atoms. The summed E-state index contributed by atoms with van der Waals surface area (Å²) in [5.74, 6) is 0.830. The SMILES string of the molecule is COc1ccccc1-c1[nH]c2c(=S)nc[nH]c2c1C. The zero-order valence-corrected chi connectivity index (χ0v) is 11.5. The quantitative estimate of drug-likeness (QED) is 0.700. The molecule has 3 rings (SSSR count). The van der Waals surface area contributed by atoms with E-state index in [4.69, 9.17) is 17.0 Å². The van der Waals surface area contributed by atoms with E-state index in [9.17, 15) is 0 Å². The maximum absolute atomic E-state index is 5.41. The number of aryl methyl sites for hydroxylation is 1. The lowest BCUT2D eigenvalue weighted by molar-refractivity contribution is 0.416. The van der Waals surface area contributed by atoms with Crippen LogP contribution in [0.5, 0.6) is 5.75 Å². The Morgan fingerprint density at radius 1 is 1.21 bits per heavy atom. The molecule has 4 nitrogen and oxygen atoms in total. The van der Waals surface area contributed by atoms with Crippen LogP contribution >= 0.6 is 12.2 Å². The van der Waals surface area contributed by atoms with Gasteiger partial charge in [-0.2, -0.15) is 0 Å². The molecule has 0 aliphatic carbocycles. The summed E-state index contributed by atoms with van der Waals surface area (Å²) in [6.45, 7) is 2.05. The molecule has 96 valence electrons. The minimum absolute atomic E-state index is 0.568. The van der Waals surface area contributed by atoms with E-state index in [2.05, 4.69) is 15.0 Å². The molecular formula is C14H13N3OS. The molecule has 2 heterocycles. The first-order chi connectivity index (χ1) is 9.22. The van der Waals surface area contributed by atoms with Crippen molar-refractivity contribution >= 4 is 23.3 Å². The number of hydrogen-bond acceptors (Lipinski definition) is 3. The Balaban J connectivity index is 2.35. The van der Waals surface area contributed by atoms with Gasteiger partial charge in [-0.05, 0) is 24.6 Å². The number of aromatic nitrogens is 3. The number of hydrogen-bond donors (Lipinski definition) is 2. The van der Waals surface area contributed by atoms with Crippen molar-refractivity contribution in [1.29, 1.82) is 0 Å². The van der Waals surface area contributed by atoms with Crippen molar-refractivity contribution in [2.24, 2.45) is 0 Å². The Morgan fingerprint density at radius 2 is 2.00 bits per heavy atom. The molecule has 0 bridgehead atoms. The number of benzene rings is 1. The van der Waals surface area contributed by atoms with Gasteiger partial charge in [0.1, 0.15) is 11.3 Å². The highest BCUT2D eigenvalue weighted by atomic mass is 32.1. The van der Waals surface area contributed by atoms with E-state index < -0.39 is 0 Å². The molecule has 0 aliphatic heterocycles. The standard InChI is InChI=1S/C14H13N3OS/c1-8-11(9-5-3-4-6-10(9)18-2)17-13-12(8)15-7-16-14(13)19/h3-7,17H,1-2H3,(H,15,16,19). The summed E-state index contributed by atoms with van der Waals surface area (Å²) in [7, 11) is 1.67. The molecule has 0 unspecified atom stereocenters. The van der Waals surface area contributed by atoms with E-state index in [0.29, 0.717) is 4.64 Å². The molecule has 3 aromatic rings. The number of fused-ring (bicyclic) bond motifs is 1. The highest BCUT2D eigenvalue weighted by molar-refractivity contribution is 7.71. The molecule has 0 radical (unpaired) electrons. The third-order valence-corrected chi connectivity index (χ3v) is 3.54. The lowest BCUT2D eigenvalue weighted by atomic mass is 10.1. The second-order valence-corrected chi connectivity index (χ2v) is 4.67. The second kappa shape index (κ2) is 4.51. The van der Waals surface area contributed by atoms with Crippen LogP contribution in [0.3, 0.4) is 0 Å². The molecule has 2 N–H and O–H groups in total. The number of aromatic amines is 2. The number of nitrogens with one attached hydrogen (secondary N) is 2. The van der Waals surface area contributed by atoms with Crippen LogP contribution < -0.4 is 4.74 Å². The number of nitrogens with zero attached hydrogens (tertiary/aromatic N) is 1. The minimum Gasteiger partial charge on any atom is -0.496 e. The van der Waals surface area contributed by atoms with Gasteiger partial charge >= 0.3 is 0 Å². The molecular weight excluding hydrogens is 258 g/mol. The highest BCUT2D eigenvalue weighted by Gasteiger charge is 2.14. The summed E-state index contributed by atoms with van der Waals surface area (Å²) >= 11 is 5.24. The Kier molecular flexibility index (Phi) is 2.83. The van der Waals surface area contributed by atoms with Crippen LogP contribution in [0.4, 0.5) is 0 Å². The predicted molar refractivity (Wildman–Crippen MR) is 78.0 cm³/mol. The van der Waals surface area contributed by atoms with Crippen molar-refractivity contribution in [3.63, 3.8) is 0 Å². The van der Waals surface area contributed by atoms with Gasteiger partial charge in [-0.3, -0.25) is 0 Å². The fourth-order valence-electron chi connectivity index (χ4n) is 2.28. The van der Waals surface area contributed by atoms with Crippen LogP contribution in [0.1, 0.15) is 5.56 Å². The second-order valence-electron chi connectivity index (χ2n) is 4.28. The number of rotatable bonds is 2. The van der Waals surface area contributed by atoms with Crippen LogP contribution in [0, 0.1) is 11.6 Å². The smallest absolute Gasteiger partial charge is 0.153 e. The van der Waals surface area contributed by atoms with Crippen molar-refractivity contribution in [2.45, 2.75) is 6.92 Å². The van der Waals surface area contributed by atoms with Gasteiger partial charge < -0.3 is 14.7 Å². The monoisotopic (exact) mass is 271 g/mol. The maximum Gasteiger partial charge on any atom is 0.153 e. The fourth-order valence-corrected chi connectivity index (χ4v) is 2.48. The summed E-state index contributed by atoms with van der Waals surface area (Å²) in [5.41, 5.74) is 4.97. The Morgan fingerprint density at radius 3 is 2.74 bits per heavy atom. The molecule has 2 aromatic heterocycles. The first kappa shape index (κ1) is 11.9. The number of para-hydroxylation sites is 1. The summed E-state index contributed by atoms with van der Waals surface area (Å²) < 4.78 is 5.98. The summed E-state index contributed by atoms with van der Waals surface area (Å²) in [4.78, 5) is 10.6. The van der Waals surface area contributed by atoms with Crippen LogP contribution in [-0.4, -0.2) is 22.1 Å². The van der Waals surface area contributed by atoms with E-state index in [1.807, 2.05) is 31.2 Å². The van der Waals surface area contributed by atoms with E-state index >= 15 is 0 Å². The molecule has 19 heavy (non-hydrogen) atoms. The molecule has 0 atom stereocenters. The molecule has 0 saturated heterocycles. The first-order valence-corrected chi connectivity index (χ1v) is 6.32. The summed E-state index contributed by atoms with van der Waals surface area (Å²) in [6, 6.07) is 7.90. The van der Waals surface area contributed by atoms with Crippen LogP contribution in [0.25, 0.3) is 22.3 Å². The van der Waals surface area contributed by atoms with Crippen LogP contribution in [-0.2, 0) is 0 Å². The van der Waals surface area contributed by atoms with E-state index in [-0.39, 0.29) is 0 Å². The topological polar surface area (TPSA) is 53.7 Å². The zero-order chi connectivity index (χ0) is 13.4. The van der Waals surface area contributed by atoms with Gasteiger partial charge in [-0.1, -0.05) is 24.4 Å². The third kappa shape index (κ3) is 1.82. The number of H-pyrrole nitrogens is 2. The third-order valence-electron chi connectivity index (χ3n) is 3.23. The molecule has 0 aliphatic rings. The van der Waals surface area contributed by atoms with Crippen molar-refractivity contribution in [3.8, 4) is 17.0 Å². The van der Waals surface area contributed by atoms with Crippen molar-refractivity contribution in [2.75, 3.05) is 7.11 Å². The Hall–Kier alpha value is -2.14. The van der Waals surface area contributed by atoms with Crippen molar-refractivity contribution in [3.05, 3.63) is 40.8 Å². The average molecular weight is 271 g/mol. The fraction of sp³-hybridized carbons (Fsp3) is 0.143. The lowest BCUT2D eigenvalue weighted by Crippen LogP contribution is -1.88. The average Bonchev–Trinajstić information content (AvgIpc) is 2.78. The van der Waals surface area contributed by atoms with E-state index in [1.54, 1.807) is 13.4 Å². The lowest BCUT2D eigenvalue weighted by Gasteiger charge is -2.07. The normalized spacial score (nSPS) is 10.8. The predicted octanol–water partition coefficient (Wildman–Crippen LogP) is 3.60. The van der Waals surface area contributed by atoms with Gasteiger partial charge in [-0.15, -0.1) is 0 Å². The van der Waals surface area contributed by atoms with Gasteiger partial charge in [0.05, 0.1) is 24.6 Å². The summed E-state index contributed by atoms with van der Waals surface area (Å²) in [5, 5.41) is 0. The van der Waals surface area contributed by atoms with Gasteiger partial charge in [0.2, 0.25) is 0 Å². The molecule has 5 heteroatoms. The minimum atomic E-state index is 0.568. The van der Waals surface area contributed by atoms with E-state index in [0.717, 1.165) is 33.6 Å². The number of methoxy groups -OCH3 is 1. The van der Waals surface area contributed by atoms with Gasteiger partial charge in [0.25, 0.3) is 0 Å². The molecule has 1 aromatic carbocycles. The van der Waals surface area contributed by atoms with Crippen molar-refractivity contribution in [1.82, 2.24) is 15.0 Å². The van der Waals surface area contributed by atoms with Crippen LogP contribution in [0.15, 0.2) is 30.6 Å². The van der Waals surface area contributed by atoms with Crippen LogP contribution in [0.2, 0.25) is 0 Å². The highest BCUT2D eigenvalue weighted by Crippen LogP contribution is 2.34. The Bertz CT molecular complexity index is 804.